The van der Waals surface area contributed by atoms with Crippen LogP contribution in [0.5, 0.6) is 0 Å². The summed E-state index contributed by atoms with van der Waals surface area (Å²) in [5.74, 6) is -0.0847. The standard InChI is InChI=1S/C11H20N4O3S2/c1-5-15(6-2)8(16)7-14(3)11-9(20(4,17)18)10(12)13-19-11/h5-7H2,1-4H3,(H2,12,13). The molecule has 1 heterocycles. The van der Waals surface area contributed by atoms with Crippen molar-refractivity contribution in [1.29, 1.82) is 0 Å². The Kier molecular flexibility index (Phi) is 5.35. The fraction of sp³-hybridized carbons (Fsp3) is 0.636. The van der Waals surface area contributed by atoms with Crippen molar-refractivity contribution in [3.8, 4) is 0 Å². The molecular weight excluding hydrogens is 300 g/mol. The maximum Gasteiger partial charge on any atom is 0.242 e. The van der Waals surface area contributed by atoms with Crippen molar-refractivity contribution in [2.24, 2.45) is 0 Å². The van der Waals surface area contributed by atoms with Crippen molar-refractivity contribution < 1.29 is 13.2 Å². The number of nitrogens with zero attached hydrogens (tertiary/aromatic N) is 3. The quantitative estimate of drug-likeness (QED) is 0.816. The Morgan fingerprint density at radius 1 is 1.35 bits per heavy atom. The number of hydrogen-bond acceptors (Lipinski definition) is 7. The summed E-state index contributed by atoms with van der Waals surface area (Å²) in [5, 5.41) is 0.394. The Morgan fingerprint density at radius 2 is 1.90 bits per heavy atom. The molecule has 1 rings (SSSR count). The van der Waals surface area contributed by atoms with E-state index in [4.69, 9.17) is 5.73 Å². The highest BCUT2D eigenvalue weighted by molar-refractivity contribution is 7.91. The monoisotopic (exact) mass is 320 g/mol. The predicted octanol–water partition coefficient (Wildman–Crippen LogP) is 0.433. The molecule has 0 aliphatic carbocycles. The maximum atomic E-state index is 12.0. The van der Waals surface area contributed by atoms with Gasteiger partial charge in [-0.15, -0.1) is 0 Å². The lowest BCUT2D eigenvalue weighted by Crippen LogP contribution is -2.38. The summed E-state index contributed by atoms with van der Waals surface area (Å²) < 4.78 is 27.3. The summed E-state index contributed by atoms with van der Waals surface area (Å²) in [6.07, 6.45) is 1.08. The first-order valence-electron chi connectivity index (χ1n) is 6.16. The summed E-state index contributed by atoms with van der Waals surface area (Å²) in [6, 6.07) is 0. The molecule has 0 spiro atoms. The van der Waals surface area contributed by atoms with Crippen LogP contribution in [0.1, 0.15) is 13.8 Å². The Labute approximate surface area is 123 Å². The summed E-state index contributed by atoms with van der Waals surface area (Å²) in [6.45, 7) is 5.12. The van der Waals surface area contributed by atoms with Crippen LogP contribution in [0.4, 0.5) is 10.8 Å². The SMILES string of the molecule is CCN(CC)C(=O)CN(C)c1snc(N)c1S(C)(=O)=O. The average molecular weight is 320 g/mol. The molecule has 0 fully saturated rings. The topological polar surface area (TPSA) is 96.6 Å². The number of nitrogen functional groups attached to an aromatic ring is 1. The molecule has 0 unspecified atom stereocenters. The zero-order chi connectivity index (χ0) is 15.5. The molecule has 9 heteroatoms. The summed E-state index contributed by atoms with van der Waals surface area (Å²) >= 11 is 0.981. The molecule has 0 aliphatic heterocycles. The summed E-state index contributed by atoms with van der Waals surface area (Å²) in [7, 11) is -1.82. The second-order valence-corrected chi connectivity index (χ2v) is 7.10. The van der Waals surface area contributed by atoms with E-state index in [0.717, 1.165) is 17.8 Å². The smallest absolute Gasteiger partial charge is 0.242 e. The third-order valence-corrected chi connectivity index (χ3v) is 5.11. The number of amides is 1. The zero-order valence-electron chi connectivity index (χ0n) is 12.1. The van der Waals surface area contributed by atoms with Gasteiger partial charge in [-0.3, -0.25) is 4.79 Å². The lowest BCUT2D eigenvalue weighted by Gasteiger charge is -2.23. The van der Waals surface area contributed by atoms with E-state index in [9.17, 15) is 13.2 Å². The second kappa shape index (κ2) is 6.40. The number of likely N-dealkylation sites (N-methyl/N-ethyl adjacent to an activating group) is 2. The molecule has 0 atom stereocenters. The second-order valence-electron chi connectivity index (χ2n) is 4.40. The minimum atomic E-state index is -3.48. The third-order valence-electron chi connectivity index (χ3n) is 2.86. The summed E-state index contributed by atoms with van der Waals surface area (Å²) in [4.78, 5) is 15.3. The fourth-order valence-corrected chi connectivity index (χ4v) is 4.02. The first-order valence-corrected chi connectivity index (χ1v) is 8.82. The van der Waals surface area contributed by atoms with Gasteiger partial charge in [0.15, 0.2) is 15.7 Å². The fourth-order valence-electron chi connectivity index (χ4n) is 1.83. The minimum absolute atomic E-state index is 0.00246. The van der Waals surface area contributed by atoms with Crippen molar-refractivity contribution in [2.45, 2.75) is 18.7 Å². The molecule has 114 valence electrons. The van der Waals surface area contributed by atoms with Crippen LogP contribution >= 0.6 is 11.5 Å². The molecule has 0 aromatic carbocycles. The number of rotatable bonds is 6. The molecule has 1 aromatic heterocycles. The highest BCUT2D eigenvalue weighted by Gasteiger charge is 2.25. The number of nitrogens with two attached hydrogens (primary N) is 1. The summed E-state index contributed by atoms with van der Waals surface area (Å²) in [5.41, 5.74) is 5.61. The van der Waals surface area contributed by atoms with Crippen LogP contribution in [-0.4, -0.2) is 56.5 Å². The van der Waals surface area contributed by atoms with Gasteiger partial charge in [0, 0.05) is 26.4 Å². The molecule has 0 aliphatic rings. The largest absolute Gasteiger partial charge is 0.382 e. The van der Waals surface area contributed by atoms with Gasteiger partial charge in [0.1, 0.15) is 9.90 Å². The third kappa shape index (κ3) is 3.60. The van der Waals surface area contributed by atoms with Gasteiger partial charge < -0.3 is 15.5 Å². The van der Waals surface area contributed by atoms with E-state index in [0.29, 0.717) is 18.1 Å². The number of sulfone groups is 1. The van der Waals surface area contributed by atoms with Crippen LogP contribution in [-0.2, 0) is 14.6 Å². The van der Waals surface area contributed by atoms with Gasteiger partial charge in [-0.1, -0.05) is 0 Å². The van der Waals surface area contributed by atoms with Gasteiger partial charge >= 0.3 is 0 Å². The van der Waals surface area contributed by atoms with Crippen LogP contribution < -0.4 is 10.6 Å². The molecule has 0 bridgehead atoms. The van der Waals surface area contributed by atoms with Gasteiger partial charge in [0.2, 0.25) is 5.91 Å². The molecule has 0 saturated carbocycles. The highest BCUT2D eigenvalue weighted by Crippen LogP contribution is 2.33. The van der Waals surface area contributed by atoms with Crippen LogP contribution in [0.15, 0.2) is 4.90 Å². The van der Waals surface area contributed by atoms with Gasteiger partial charge in [-0.05, 0) is 25.4 Å². The number of carbonyl (C=O) groups is 1. The lowest BCUT2D eigenvalue weighted by atomic mass is 10.4. The van der Waals surface area contributed by atoms with Gasteiger partial charge in [0.25, 0.3) is 0 Å². The van der Waals surface area contributed by atoms with Crippen LogP contribution in [0.2, 0.25) is 0 Å². The van der Waals surface area contributed by atoms with Crippen molar-refractivity contribution in [3.63, 3.8) is 0 Å². The Morgan fingerprint density at radius 3 is 2.35 bits per heavy atom. The van der Waals surface area contributed by atoms with E-state index in [1.54, 1.807) is 16.8 Å². The molecule has 20 heavy (non-hydrogen) atoms. The van der Waals surface area contributed by atoms with Crippen molar-refractivity contribution in [1.82, 2.24) is 9.27 Å². The first kappa shape index (κ1) is 16.7. The minimum Gasteiger partial charge on any atom is -0.382 e. The Bertz CT molecular complexity index is 578. The molecular formula is C11H20N4O3S2. The van der Waals surface area contributed by atoms with E-state index in [1.165, 1.54) is 0 Å². The number of anilines is 2. The molecule has 7 nitrogen and oxygen atoms in total. The zero-order valence-corrected chi connectivity index (χ0v) is 13.7. The number of hydrogen-bond donors (Lipinski definition) is 1. The van der Waals surface area contributed by atoms with Crippen molar-refractivity contribution >= 4 is 38.1 Å². The van der Waals surface area contributed by atoms with Gasteiger partial charge in [-0.2, -0.15) is 4.37 Å². The van der Waals surface area contributed by atoms with Gasteiger partial charge in [0.05, 0.1) is 6.54 Å². The first-order chi connectivity index (χ1) is 9.22. The van der Waals surface area contributed by atoms with E-state index in [-0.39, 0.29) is 23.2 Å². The molecule has 1 aromatic rings. The number of aromatic nitrogens is 1. The normalized spacial score (nSPS) is 11.4. The van der Waals surface area contributed by atoms with Crippen LogP contribution in [0, 0.1) is 0 Å². The number of carbonyl (C=O) groups excluding carboxylic acids is 1. The molecule has 0 saturated heterocycles. The van der Waals surface area contributed by atoms with Gasteiger partial charge in [-0.25, -0.2) is 8.42 Å². The highest BCUT2D eigenvalue weighted by atomic mass is 32.2. The van der Waals surface area contributed by atoms with E-state index < -0.39 is 9.84 Å². The van der Waals surface area contributed by atoms with E-state index >= 15 is 0 Å². The Balaban J connectivity index is 3.00. The average Bonchev–Trinajstić information content (AvgIpc) is 2.72. The molecule has 0 radical (unpaired) electrons. The van der Waals surface area contributed by atoms with E-state index in [1.807, 2.05) is 13.8 Å². The predicted molar refractivity (Wildman–Crippen MR) is 80.8 cm³/mol. The van der Waals surface area contributed by atoms with Crippen molar-refractivity contribution in [2.75, 3.05) is 43.6 Å². The molecule has 1 amide bonds. The lowest BCUT2D eigenvalue weighted by molar-refractivity contribution is -0.129. The molecule has 2 N–H and O–H groups in total. The van der Waals surface area contributed by atoms with Crippen LogP contribution in [0.3, 0.4) is 0 Å². The Hall–Kier alpha value is -1.35. The van der Waals surface area contributed by atoms with Crippen LogP contribution in [0.25, 0.3) is 0 Å². The van der Waals surface area contributed by atoms with Crippen molar-refractivity contribution in [3.05, 3.63) is 0 Å². The van der Waals surface area contributed by atoms with E-state index in [2.05, 4.69) is 4.37 Å². The maximum absolute atomic E-state index is 12.0.